The number of phosphoric ester groups is 2. The molecule has 0 saturated heterocycles. The maximum Gasteiger partial charge on any atom is 0.472 e. The van der Waals surface area contributed by atoms with Crippen molar-refractivity contribution in [2.45, 2.75) is 388 Å². The Morgan fingerprint density at radius 2 is 0.615 bits per heavy atom. The van der Waals surface area contributed by atoms with Crippen molar-refractivity contribution in [1.29, 1.82) is 0 Å². The van der Waals surface area contributed by atoms with Gasteiger partial charge < -0.3 is 33.8 Å². The quantitative estimate of drug-likeness (QED) is 0.0169. The van der Waals surface area contributed by atoms with Crippen LogP contribution in [0.15, 0.2) is 24.3 Å². The van der Waals surface area contributed by atoms with Crippen LogP contribution in [0.3, 0.4) is 0 Å². The third-order valence-electron chi connectivity index (χ3n) is 18.0. The maximum atomic E-state index is 13.1. The van der Waals surface area contributed by atoms with Gasteiger partial charge in [-0.15, -0.1) is 0 Å². The van der Waals surface area contributed by atoms with E-state index in [1.807, 2.05) is 0 Å². The summed E-state index contributed by atoms with van der Waals surface area (Å²) in [6.45, 7) is 11.8. The third kappa shape index (κ3) is 67.4. The fourth-order valence-corrected chi connectivity index (χ4v) is 12.8. The highest BCUT2D eigenvalue weighted by molar-refractivity contribution is 7.47. The van der Waals surface area contributed by atoms with Gasteiger partial charge in [-0.3, -0.25) is 37.3 Å². The van der Waals surface area contributed by atoms with Crippen LogP contribution in [0.1, 0.15) is 370 Å². The van der Waals surface area contributed by atoms with Gasteiger partial charge in [0.25, 0.3) is 0 Å². The van der Waals surface area contributed by atoms with E-state index >= 15 is 0 Å². The van der Waals surface area contributed by atoms with Gasteiger partial charge in [0.15, 0.2) is 12.2 Å². The third-order valence-corrected chi connectivity index (χ3v) is 19.9. The van der Waals surface area contributed by atoms with E-state index in [0.717, 1.165) is 127 Å². The van der Waals surface area contributed by atoms with E-state index in [0.29, 0.717) is 25.7 Å². The monoisotopic (exact) mass is 1410 g/mol. The van der Waals surface area contributed by atoms with E-state index in [2.05, 4.69) is 72.8 Å². The zero-order valence-electron chi connectivity index (χ0n) is 62.3. The van der Waals surface area contributed by atoms with E-state index < -0.39 is 97.5 Å². The van der Waals surface area contributed by atoms with Gasteiger partial charge in [-0.05, 0) is 69.1 Å². The SMILES string of the molecule is CCCCCC/C=C\C=C/CCCCCCCC(=O)O[C@H](COC(=O)CCCCCCCCC(C)CC)COP(=O)(O)OC[C@H](O)COP(=O)(O)OC[C@@H](COC(=O)CCCCCCCCCCCCC(C)C)OC(=O)CCCCCCCCCCCCCCCCC(C)CC. The fraction of sp³-hybridized carbons (Fsp3) is 0.896. The van der Waals surface area contributed by atoms with Crippen molar-refractivity contribution in [3.63, 3.8) is 0 Å². The molecule has 17 nitrogen and oxygen atoms in total. The zero-order valence-corrected chi connectivity index (χ0v) is 64.1. The number of hydrogen-bond donors (Lipinski definition) is 3. The van der Waals surface area contributed by atoms with Crippen molar-refractivity contribution in [1.82, 2.24) is 0 Å². The molecule has 96 heavy (non-hydrogen) atoms. The molecule has 0 saturated carbocycles. The molecular formula is C77H146O17P2. The van der Waals surface area contributed by atoms with Crippen molar-refractivity contribution in [3.05, 3.63) is 24.3 Å². The molecule has 0 heterocycles. The zero-order chi connectivity index (χ0) is 70.9. The van der Waals surface area contributed by atoms with Crippen LogP contribution in [0.25, 0.3) is 0 Å². The number of rotatable bonds is 73. The van der Waals surface area contributed by atoms with Crippen molar-refractivity contribution in [3.8, 4) is 0 Å². The number of ether oxygens (including phenoxy) is 4. The molecule has 0 aromatic carbocycles. The van der Waals surface area contributed by atoms with Crippen molar-refractivity contribution in [2.75, 3.05) is 39.6 Å². The highest BCUT2D eigenvalue weighted by atomic mass is 31.2. The number of phosphoric acid groups is 2. The summed E-state index contributed by atoms with van der Waals surface area (Å²) < 4.78 is 68.5. The molecule has 0 amide bonds. The Bertz CT molecular complexity index is 1970. The minimum atomic E-state index is -4.96. The Balaban J connectivity index is 5.29. The van der Waals surface area contributed by atoms with Crippen LogP contribution in [-0.2, 0) is 65.4 Å². The summed E-state index contributed by atoms with van der Waals surface area (Å²) in [6.07, 6.45) is 56.2. The van der Waals surface area contributed by atoms with Crippen LogP contribution in [0.4, 0.5) is 0 Å². The van der Waals surface area contributed by atoms with Gasteiger partial charge in [-0.1, -0.05) is 317 Å². The molecule has 0 aromatic rings. The molecule has 0 spiro atoms. The van der Waals surface area contributed by atoms with Crippen LogP contribution < -0.4 is 0 Å². The predicted molar refractivity (Wildman–Crippen MR) is 390 cm³/mol. The van der Waals surface area contributed by atoms with Crippen molar-refractivity contribution < 1.29 is 80.2 Å². The van der Waals surface area contributed by atoms with E-state index in [4.69, 9.17) is 37.0 Å². The van der Waals surface area contributed by atoms with E-state index in [9.17, 15) is 43.2 Å². The summed E-state index contributed by atoms with van der Waals surface area (Å²) in [4.78, 5) is 72.8. The van der Waals surface area contributed by atoms with Crippen LogP contribution in [0, 0.1) is 17.8 Å². The van der Waals surface area contributed by atoms with Crippen LogP contribution in [-0.4, -0.2) is 96.7 Å². The lowest BCUT2D eigenvalue weighted by atomic mass is 9.99. The van der Waals surface area contributed by atoms with Gasteiger partial charge in [-0.25, -0.2) is 9.13 Å². The Morgan fingerprint density at radius 1 is 0.344 bits per heavy atom. The highest BCUT2D eigenvalue weighted by Crippen LogP contribution is 2.45. The number of carbonyl (C=O) groups excluding carboxylic acids is 4. The molecule has 0 aliphatic carbocycles. The van der Waals surface area contributed by atoms with Crippen molar-refractivity contribution in [2.24, 2.45) is 17.8 Å². The summed E-state index contributed by atoms with van der Waals surface area (Å²) in [5.74, 6) is 0.181. The number of aliphatic hydroxyl groups excluding tert-OH is 1. The summed E-state index contributed by atoms with van der Waals surface area (Å²) in [5.41, 5.74) is 0. The molecule has 0 fully saturated rings. The van der Waals surface area contributed by atoms with Crippen LogP contribution in [0.2, 0.25) is 0 Å². The molecule has 0 aromatic heterocycles. The van der Waals surface area contributed by atoms with Gasteiger partial charge >= 0.3 is 39.5 Å². The fourth-order valence-electron chi connectivity index (χ4n) is 11.2. The first-order chi connectivity index (χ1) is 46.3. The summed E-state index contributed by atoms with van der Waals surface area (Å²) in [7, 11) is -9.93. The first-order valence-corrected chi connectivity index (χ1v) is 42.2. The van der Waals surface area contributed by atoms with Crippen molar-refractivity contribution >= 4 is 39.5 Å². The molecule has 19 heteroatoms. The molecule has 0 radical (unpaired) electrons. The largest absolute Gasteiger partial charge is 0.472 e. The van der Waals surface area contributed by atoms with E-state index in [1.54, 1.807) is 0 Å². The predicted octanol–water partition coefficient (Wildman–Crippen LogP) is 22.1. The average molecular weight is 1410 g/mol. The average Bonchev–Trinajstić information content (AvgIpc) is 1.16. The van der Waals surface area contributed by atoms with E-state index in [1.165, 1.54) is 161 Å². The van der Waals surface area contributed by atoms with Gasteiger partial charge in [0.1, 0.15) is 19.3 Å². The Morgan fingerprint density at radius 3 is 0.927 bits per heavy atom. The number of esters is 4. The molecule has 4 unspecified atom stereocenters. The number of unbranched alkanes of at least 4 members (excludes halogenated alkanes) is 36. The lowest BCUT2D eigenvalue weighted by molar-refractivity contribution is -0.161. The number of carbonyl (C=O) groups is 4. The van der Waals surface area contributed by atoms with Gasteiger partial charge in [0, 0.05) is 25.7 Å². The Hall–Kier alpha value is -2.46. The normalized spacial score (nSPS) is 14.8. The second-order valence-electron chi connectivity index (χ2n) is 28.0. The lowest BCUT2D eigenvalue weighted by Gasteiger charge is -2.21. The summed E-state index contributed by atoms with van der Waals surface area (Å²) in [5, 5.41) is 10.6. The summed E-state index contributed by atoms with van der Waals surface area (Å²) >= 11 is 0. The number of aliphatic hydroxyl groups is 1. The second-order valence-corrected chi connectivity index (χ2v) is 30.9. The minimum absolute atomic E-state index is 0.0839. The number of hydrogen-bond acceptors (Lipinski definition) is 15. The van der Waals surface area contributed by atoms with Gasteiger partial charge in [0.2, 0.25) is 0 Å². The first-order valence-electron chi connectivity index (χ1n) is 39.2. The molecule has 566 valence electrons. The Kier molecular flexibility index (Phi) is 65.3. The summed E-state index contributed by atoms with van der Waals surface area (Å²) in [6, 6.07) is 0. The van der Waals surface area contributed by atoms with E-state index in [-0.39, 0.29) is 25.7 Å². The molecular weight excluding hydrogens is 1260 g/mol. The molecule has 0 rings (SSSR count). The molecule has 7 atom stereocenters. The van der Waals surface area contributed by atoms with Crippen LogP contribution in [0.5, 0.6) is 0 Å². The second kappa shape index (κ2) is 67.1. The lowest BCUT2D eigenvalue weighted by Crippen LogP contribution is -2.30. The minimum Gasteiger partial charge on any atom is -0.462 e. The molecule has 0 aliphatic heterocycles. The number of allylic oxidation sites excluding steroid dienone is 4. The highest BCUT2D eigenvalue weighted by Gasteiger charge is 2.30. The Labute approximate surface area is 586 Å². The molecule has 0 aliphatic rings. The van der Waals surface area contributed by atoms with Crippen LogP contribution >= 0.6 is 15.6 Å². The molecule has 3 N–H and O–H groups in total. The van der Waals surface area contributed by atoms with Gasteiger partial charge in [0.05, 0.1) is 26.4 Å². The topological polar surface area (TPSA) is 237 Å². The smallest absolute Gasteiger partial charge is 0.462 e. The molecule has 0 bridgehead atoms. The maximum absolute atomic E-state index is 13.1. The first kappa shape index (κ1) is 93.5. The van der Waals surface area contributed by atoms with Gasteiger partial charge in [-0.2, -0.15) is 0 Å². The standard InChI is InChI=1S/C77H146O17P2/c1-8-11-12-13-14-15-16-17-18-22-25-32-37-46-53-61-77(82)94-73(65-88-75(80)59-52-45-40-39-43-50-57-70(7)10-3)67-92-96(85,86)90-63-71(78)62-89-95(83,84)91-66-72(64-87-74(79)58-51-44-36-31-28-27-29-34-41-48-55-68(4)5)93-76(81)60-54-47-38-33-26-23-20-19-21-24-30-35-42-49-56-69(6)9-2/h15-18,68-73,78H,8-14,19-67H2,1-7H3,(H,83,84)(H,85,86)/b16-15-,18-17-/t69?,70?,71-,72-,73-/m1/s1.